The molecule has 1 aliphatic heterocycles. The summed E-state index contributed by atoms with van der Waals surface area (Å²) in [6.45, 7) is 5.71. The van der Waals surface area contributed by atoms with Crippen molar-refractivity contribution in [1.82, 2.24) is 5.32 Å². The fourth-order valence-corrected chi connectivity index (χ4v) is 4.01. The second-order valence-corrected chi connectivity index (χ2v) is 7.32. The third kappa shape index (κ3) is 3.13. The predicted molar refractivity (Wildman–Crippen MR) is 87.7 cm³/mol. The fraction of sp³-hybridized carbons (Fsp3) is 0.667. The summed E-state index contributed by atoms with van der Waals surface area (Å²) in [5.41, 5.74) is 1.69. The van der Waals surface area contributed by atoms with Gasteiger partial charge in [0.25, 0.3) is 0 Å². The van der Waals surface area contributed by atoms with E-state index >= 15 is 0 Å². The van der Waals surface area contributed by atoms with Crippen LogP contribution in [0.5, 0.6) is 0 Å². The first-order valence-corrected chi connectivity index (χ1v) is 8.32. The van der Waals surface area contributed by atoms with E-state index in [1.807, 2.05) is 12.1 Å². The number of nitrogens with zero attached hydrogens (tertiary/aromatic N) is 1. The molecule has 0 radical (unpaired) electrons. The van der Waals surface area contributed by atoms with Crippen molar-refractivity contribution in [1.29, 1.82) is 0 Å². The summed E-state index contributed by atoms with van der Waals surface area (Å²) in [7, 11) is 1.60. The van der Waals surface area contributed by atoms with Gasteiger partial charge in [-0.15, -0.1) is 0 Å². The minimum Gasteiger partial charge on any atom is -0.380 e. The molecular formula is C18H27FN2O. The molecule has 1 aromatic rings. The zero-order valence-electron chi connectivity index (χ0n) is 13.9. The molecule has 0 aromatic heterocycles. The van der Waals surface area contributed by atoms with Crippen LogP contribution in [0.4, 0.5) is 10.1 Å². The summed E-state index contributed by atoms with van der Waals surface area (Å²) in [5.74, 6) is -0.164. The zero-order chi connectivity index (χ0) is 15.7. The van der Waals surface area contributed by atoms with Gasteiger partial charge in [-0.25, -0.2) is 4.39 Å². The maximum Gasteiger partial charge on any atom is 0.130 e. The molecule has 1 saturated carbocycles. The summed E-state index contributed by atoms with van der Waals surface area (Å²) in [6, 6.07) is 6.58. The molecule has 4 heteroatoms. The molecule has 0 spiro atoms. The number of hydrogen-bond acceptors (Lipinski definition) is 3. The number of rotatable bonds is 3. The van der Waals surface area contributed by atoms with E-state index in [0.29, 0.717) is 24.3 Å². The summed E-state index contributed by atoms with van der Waals surface area (Å²) >= 11 is 0. The largest absolute Gasteiger partial charge is 0.380 e. The highest BCUT2D eigenvalue weighted by atomic mass is 19.1. The number of hydrogen-bond donors (Lipinski definition) is 1. The van der Waals surface area contributed by atoms with Crippen LogP contribution in [0.25, 0.3) is 0 Å². The van der Waals surface area contributed by atoms with Crippen molar-refractivity contribution in [3.8, 4) is 0 Å². The van der Waals surface area contributed by atoms with Crippen molar-refractivity contribution < 1.29 is 9.13 Å². The van der Waals surface area contributed by atoms with Gasteiger partial charge in [0.2, 0.25) is 0 Å². The van der Waals surface area contributed by atoms with Gasteiger partial charge in [0, 0.05) is 42.5 Å². The lowest BCUT2D eigenvalue weighted by Gasteiger charge is -2.52. The minimum atomic E-state index is -0.164. The van der Waals surface area contributed by atoms with E-state index in [2.05, 4.69) is 24.1 Å². The summed E-state index contributed by atoms with van der Waals surface area (Å²) in [5, 5.41) is 3.79. The maximum absolute atomic E-state index is 14.3. The van der Waals surface area contributed by atoms with E-state index in [9.17, 15) is 4.39 Å². The van der Waals surface area contributed by atoms with Crippen LogP contribution in [0.1, 0.15) is 45.1 Å². The second kappa shape index (κ2) is 6.17. The van der Waals surface area contributed by atoms with Crippen LogP contribution in [0.3, 0.4) is 0 Å². The molecule has 0 amide bonds. The van der Waals surface area contributed by atoms with Gasteiger partial charge in [-0.05, 0) is 38.8 Å². The molecule has 2 aliphatic rings. The van der Waals surface area contributed by atoms with Crippen molar-refractivity contribution in [3.63, 3.8) is 0 Å². The van der Waals surface area contributed by atoms with E-state index in [1.54, 1.807) is 13.2 Å². The molecular weight excluding hydrogens is 279 g/mol. The third-order valence-electron chi connectivity index (χ3n) is 4.94. The number of ether oxygens (including phenoxy) is 1. The van der Waals surface area contributed by atoms with E-state index in [4.69, 9.17) is 4.74 Å². The van der Waals surface area contributed by atoms with Crippen LogP contribution in [-0.4, -0.2) is 31.3 Å². The highest BCUT2D eigenvalue weighted by Crippen LogP contribution is 2.34. The fourth-order valence-electron chi connectivity index (χ4n) is 4.01. The van der Waals surface area contributed by atoms with Crippen molar-refractivity contribution in [2.75, 3.05) is 18.6 Å². The Labute approximate surface area is 132 Å². The Hall–Kier alpha value is -1.13. The van der Waals surface area contributed by atoms with Crippen LogP contribution in [0, 0.1) is 5.82 Å². The molecule has 1 aromatic carbocycles. The summed E-state index contributed by atoms with van der Waals surface area (Å²) in [6.07, 6.45) is 4.97. The van der Waals surface area contributed by atoms with Crippen molar-refractivity contribution >= 4 is 5.69 Å². The average molecular weight is 306 g/mol. The number of fused-ring (bicyclic) bond motifs is 1. The lowest BCUT2D eigenvalue weighted by atomic mass is 9.83. The maximum atomic E-state index is 14.3. The summed E-state index contributed by atoms with van der Waals surface area (Å²) in [4.78, 5) is 2.42. The normalized spacial score (nSPS) is 27.5. The van der Waals surface area contributed by atoms with Crippen molar-refractivity contribution in [2.45, 2.75) is 63.8 Å². The second-order valence-electron chi connectivity index (χ2n) is 7.32. The molecule has 2 fully saturated rings. The number of methoxy groups -OCH3 is 1. The Balaban J connectivity index is 1.89. The molecule has 0 unspecified atom stereocenters. The smallest absolute Gasteiger partial charge is 0.130 e. The van der Waals surface area contributed by atoms with Gasteiger partial charge in [-0.2, -0.15) is 0 Å². The average Bonchev–Trinajstić information content (AvgIpc) is 2.48. The number of nitrogens with one attached hydrogen (secondary N) is 1. The molecule has 1 saturated heterocycles. The SMILES string of the molecule is COCc1ccc(N2CC(C)(C)N[C@@H]3CCCC[C@H]32)cc1F. The van der Waals surface area contributed by atoms with E-state index < -0.39 is 0 Å². The van der Waals surface area contributed by atoms with E-state index in [-0.39, 0.29) is 11.4 Å². The van der Waals surface area contributed by atoms with Crippen LogP contribution in [0.15, 0.2) is 18.2 Å². The van der Waals surface area contributed by atoms with Gasteiger partial charge in [-0.1, -0.05) is 18.9 Å². The van der Waals surface area contributed by atoms with Crippen LogP contribution in [-0.2, 0) is 11.3 Å². The molecule has 122 valence electrons. The first-order chi connectivity index (χ1) is 10.5. The number of halogens is 1. The van der Waals surface area contributed by atoms with Gasteiger partial charge in [-0.3, -0.25) is 0 Å². The van der Waals surface area contributed by atoms with E-state index in [1.165, 1.54) is 25.7 Å². The van der Waals surface area contributed by atoms with Gasteiger partial charge in [0.1, 0.15) is 5.82 Å². The number of anilines is 1. The van der Waals surface area contributed by atoms with Gasteiger partial charge in [0.05, 0.1) is 6.61 Å². The van der Waals surface area contributed by atoms with E-state index in [0.717, 1.165) is 12.2 Å². The van der Waals surface area contributed by atoms with Crippen molar-refractivity contribution in [3.05, 3.63) is 29.6 Å². The topological polar surface area (TPSA) is 24.5 Å². The van der Waals surface area contributed by atoms with Gasteiger partial charge < -0.3 is 15.0 Å². The highest BCUT2D eigenvalue weighted by molar-refractivity contribution is 5.51. The Morgan fingerprint density at radius 2 is 2.09 bits per heavy atom. The first-order valence-electron chi connectivity index (χ1n) is 8.32. The summed E-state index contributed by atoms with van der Waals surface area (Å²) < 4.78 is 19.3. The molecule has 1 heterocycles. The molecule has 3 nitrogen and oxygen atoms in total. The number of benzene rings is 1. The Bertz CT molecular complexity index is 532. The van der Waals surface area contributed by atoms with Crippen molar-refractivity contribution in [2.24, 2.45) is 0 Å². The first kappa shape index (κ1) is 15.8. The lowest BCUT2D eigenvalue weighted by Crippen LogP contribution is -2.67. The van der Waals surface area contributed by atoms with Gasteiger partial charge in [0.15, 0.2) is 0 Å². The zero-order valence-corrected chi connectivity index (χ0v) is 13.9. The van der Waals surface area contributed by atoms with Gasteiger partial charge >= 0.3 is 0 Å². The molecule has 0 bridgehead atoms. The standard InChI is InChI=1S/C18H27FN2O/c1-18(2)12-21(17-7-5-4-6-16(17)20-18)14-9-8-13(11-22-3)15(19)10-14/h8-10,16-17,20H,4-7,11-12H2,1-3H3/t16-,17-/m1/s1. The van der Waals surface area contributed by atoms with Crippen LogP contribution < -0.4 is 10.2 Å². The van der Waals surface area contributed by atoms with Crippen LogP contribution >= 0.6 is 0 Å². The lowest BCUT2D eigenvalue weighted by molar-refractivity contribution is 0.181. The molecule has 2 atom stereocenters. The number of piperazine rings is 1. The molecule has 3 rings (SSSR count). The molecule has 1 aliphatic carbocycles. The highest BCUT2D eigenvalue weighted by Gasteiger charge is 2.40. The molecule has 1 N–H and O–H groups in total. The Morgan fingerprint density at radius 1 is 1.32 bits per heavy atom. The third-order valence-corrected chi connectivity index (χ3v) is 4.94. The Morgan fingerprint density at radius 3 is 2.82 bits per heavy atom. The molecule has 22 heavy (non-hydrogen) atoms. The monoisotopic (exact) mass is 306 g/mol. The Kier molecular flexibility index (Phi) is 4.42. The quantitative estimate of drug-likeness (QED) is 0.925. The predicted octanol–water partition coefficient (Wildman–Crippen LogP) is 3.47. The van der Waals surface area contributed by atoms with Crippen LogP contribution in [0.2, 0.25) is 0 Å². The minimum absolute atomic E-state index is 0.0557.